The van der Waals surface area contributed by atoms with Crippen LogP contribution in [0.3, 0.4) is 0 Å². The Morgan fingerprint density at radius 1 is 1.58 bits per heavy atom. The molecule has 0 aliphatic carbocycles. The number of hydrogen-bond acceptors (Lipinski definition) is 6. The second-order valence-corrected chi connectivity index (χ2v) is 6.25. The van der Waals surface area contributed by atoms with Gasteiger partial charge in [-0.15, -0.1) is 0 Å². The summed E-state index contributed by atoms with van der Waals surface area (Å²) in [4.78, 5) is 18.8. The highest BCUT2D eigenvalue weighted by atomic mass is 19.1. The van der Waals surface area contributed by atoms with Crippen molar-refractivity contribution >= 4 is 11.8 Å². The Morgan fingerprint density at radius 2 is 2.33 bits per heavy atom. The third-order valence-corrected chi connectivity index (χ3v) is 4.74. The average molecular weight is 339 g/mol. The molecule has 1 amide bonds. The maximum absolute atomic E-state index is 14.3. The predicted molar refractivity (Wildman–Crippen MR) is 84.4 cm³/mol. The molecule has 132 valence electrons. The van der Waals surface area contributed by atoms with E-state index in [1.807, 2.05) is 11.8 Å². The number of amides is 1. The zero-order valence-electron chi connectivity index (χ0n) is 14.1. The van der Waals surface area contributed by atoms with E-state index in [4.69, 9.17) is 9.47 Å². The quantitative estimate of drug-likeness (QED) is 0.776. The van der Waals surface area contributed by atoms with E-state index in [0.29, 0.717) is 38.6 Å². The van der Waals surface area contributed by atoms with Crippen molar-refractivity contribution in [2.45, 2.75) is 25.1 Å². The van der Waals surface area contributed by atoms with Crippen LogP contribution in [-0.4, -0.2) is 68.1 Å². The van der Waals surface area contributed by atoms with Crippen LogP contribution in [-0.2, 0) is 20.8 Å². The summed E-state index contributed by atoms with van der Waals surface area (Å²) in [6.45, 7) is 4.43. The lowest BCUT2D eigenvalue weighted by Crippen LogP contribution is -2.68. The molecule has 0 radical (unpaired) electrons. The second-order valence-electron chi connectivity index (χ2n) is 6.25. The molecule has 1 aromatic heterocycles. The number of nitrogens with zero attached hydrogens (tertiary/aromatic N) is 3. The van der Waals surface area contributed by atoms with Gasteiger partial charge >= 0.3 is 6.09 Å². The van der Waals surface area contributed by atoms with Crippen molar-refractivity contribution < 1.29 is 23.4 Å². The summed E-state index contributed by atoms with van der Waals surface area (Å²) < 4.78 is 30.2. The molecule has 0 saturated carbocycles. The summed E-state index contributed by atoms with van der Waals surface area (Å²) >= 11 is 0. The fourth-order valence-corrected chi connectivity index (χ4v) is 3.16. The fraction of sp³-hybridized carbons (Fsp3) is 0.625. The Bertz CT molecular complexity index is 623. The first-order chi connectivity index (χ1) is 11.5. The van der Waals surface area contributed by atoms with E-state index in [0.717, 1.165) is 5.56 Å². The number of carbonyl (C=O) groups excluding carboxylic acids is 1. The molecule has 0 bridgehead atoms. The lowest BCUT2D eigenvalue weighted by atomic mass is 9.90. The van der Waals surface area contributed by atoms with Crippen LogP contribution in [0.4, 0.5) is 14.9 Å². The van der Waals surface area contributed by atoms with Gasteiger partial charge in [-0.05, 0) is 18.6 Å². The van der Waals surface area contributed by atoms with Gasteiger partial charge in [0.15, 0.2) is 0 Å². The van der Waals surface area contributed by atoms with Crippen LogP contribution in [0.2, 0.25) is 0 Å². The summed E-state index contributed by atoms with van der Waals surface area (Å²) in [7, 11) is 2.94. The lowest BCUT2D eigenvalue weighted by molar-refractivity contribution is -0.228. The largest absolute Gasteiger partial charge is 0.453 e. The molecule has 1 unspecified atom stereocenters. The highest BCUT2D eigenvalue weighted by Crippen LogP contribution is 2.35. The number of morpholine rings is 1. The molecule has 1 spiro atoms. The zero-order chi connectivity index (χ0) is 17.3. The van der Waals surface area contributed by atoms with Gasteiger partial charge in [0.2, 0.25) is 5.95 Å². The third-order valence-electron chi connectivity index (χ3n) is 4.74. The number of pyridine rings is 1. The molecule has 3 rings (SSSR count). The lowest BCUT2D eigenvalue weighted by Gasteiger charge is -2.53. The van der Waals surface area contributed by atoms with Crippen LogP contribution in [0, 0.1) is 5.95 Å². The number of carbonyl (C=O) groups is 1. The Hall–Kier alpha value is -1.93. The molecule has 7 nitrogen and oxygen atoms in total. The molecule has 1 aromatic rings. The van der Waals surface area contributed by atoms with Gasteiger partial charge in [0.25, 0.3) is 0 Å². The van der Waals surface area contributed by atoms with Gasteiger partial charge in [-0.3, -0.25) is 0 Å². The normalized spacial score (nSPS) is 22.2. The van der Waals surface area contributed by atoms with Gasteiger partial charge in [-0.1, -0.05) is 0 Å². The predicted octanol–water partition coefficient (Wildman–Crippen LogP) is 1.41. The first-order valence-corrected chi connectivity index (χ1v) is 7.89. The summed E-state index contributed by atoms with van der Waals surface area (Å²) in [5.74, 6) is -0.524. The molecular formula is C16H22FN3O4. The van der Waals surface area contributed by atoms with Crippen LogP contribution < -0.4 is 4.90 Å². The van der Waals surface area contributed by atoms with E-state index >= 15 is 0 Å². The highest BCUT2D eigenvalue weighted by Gasteiger charge is 2.50. The Kier molecular flexibility index (Phi) is 4.60. The van der Waals surface area contributed by atoms with Gasteiger partial charge in [0.1, 0.15) is 5.60 Å². The Labute approximate surface area is 140 Å². The first-order valence-electron chi connectivity index (χ1n) is 7.89. The molecule has 2 fully saturated rings. The summed E-state index contributed by atoms with van der Waals surface area (Å²) in [6.07, 6.45) is 0.984. The number of aromatic nitrogens is 1. The van der Waals surface area contributed by atoms with E-state index in [2.05, 4.69) is 9.72 Å². The van der Waals surface area contributed by atoms with E-state index in [1.54, 1.807) is 13.1 Å². The van der Waals surface area contributed by atoms with Crippen molar-refractivity contribution in [3.05, 3.63) is 23.8 Å². The first kappa shape index (κ1) is 16.9. The standard InChI is InChI=1S/C16H22FN3O4/c1-11-16(9-23-10-16)24-5-4-20(11)13-6-12(7-18-14(13)17)8-19(2)15(21)22-3/h6-7,11H,4-5,8-10H2,1-3H3. The molecule has 2 saturated heterocycles. The van der Waals surface area contributed by atoms with Crippen molar-refractivity contribution in [3.8, 4) is 0 Å². The maximum Gasteiger partial charge on any atom is 0.409 e. The maximum atomic E-state index is 14.3. The van der Waals surface area contributed by atoms with Crippen molar-refractivity contribution in [2.75, 3.05) is 45.4 Å². The molecule has 2 aliphatic heterocycles. The zero-order valence-corrected chi connectivity index (χ0v) is 14.1. The number of halogens is 1. The van der Waals surface area contributed by atoms with Crippen LogP contribution in [0.5, 0.6) is 0 Å². The van der Waals surface area contributed by atoms with Crippen LogP contribution in [0.1, 0.15) is 12.5 Å². The third kappa shape index (κ3) is 2.91. The molecule has 0 N–H and O–H groups in total. The van der Waals surface area contributed by atoms with Crippen LogP contribution in [0.25, 0.3) is 0 Å². The van der Waals surface area contributed by atoms with Crippen molar-refractivity contribution in [2.24, 2.45) is 0 Å². The van der Waals surface area contributed by atoms with Gasteiger partial charge in [0.05, 0.1) is 45.2 Å². The number of ether oxygens (including phenoxy) is 3. The van der Waals surface area contributed by atoms with E-state index in [9.17, 15) is 9.18 Å². The SMILES string of the molecule is COC(=O)N(C)Cc1cnc(F)c(N2CCOC3(COC3)C2C)c1. The minimum Gasteiger partial charge on any atom is -0.453 e. The van der Waals surface area contributed by atoms with E-state index < -0.39 is 12.0 Å². The number of anilines is 1. The van der Waals surface area contributed by atoms with Crippen LogP contribution >= 0.6 is 0 Å². The Balaban J connectivity index is 1.82. The van der Waals surface area contributed by atoms with Crippen LogP contribution in [0.15, 0.2) is 12.3 Å². The summed E-state index contributed by atoms with van der Waals surface area (Å²) in [6, 6.07) is 1.71. The molecule has 8 heteroatoms. The topological polar surface area (TPSA) is 64.1 Å². The van der Waals surface area contributed by atoms with Gasteiger partial charge in [-0.25, -0.2) is 9.78 Å². The highest BCUT2D eigenvalue weighted by molar-refractivity contribution is 5.67. The van der Waals surface area contributed by atoms with Crippen molar-refractivity contribution in [3.63, 3.8) is 0 Å². The molecule has 3 heterocycles. The summed E-state index contributed by atoms with van der Waals surface area (Å²) in [5.41, 5.74) is 0.786. The number of hydrogen-bond donors (Lipinski definition) is 0. The Morgan fingerprint density at radius 3 is 2.96 bits per heavy atom. The monoisotopic (exact) mass is 339 g/mol. The minimum absolute atomic E-state index is 0.0233. The molecule has 0 aromatic carbocycles. The van der Waals surface area contributed by atoms with Gasteiger partial charge in [-0.2, -0.15) is 4.39 Å². The van der Waals surface area contributed by atoms with E-state index in [-0.39, 0.29) is 11.6 Å². The summed E-state index contributed by atoms with van der Waals surface area (Å²) in [5, 5.41) is 0. The van der Waals surface area contributed by atoms with Crippen molar-refractivity contribution in [1.82, 2.24) is 9.88 Å². The molecular weight excluding hydrogens is 317 g/mol. The smallest absolute Gasteiger partial charge is 0.409 e. The second kappa shape index (κ2) is 6.52. The molecule has 24 heavy (non-hydrogen) atoms. The van der Waals surface area contributed by atoms with Gasteiger partial charge < -0.3 is 24.0 Å². The van der Waals surface area contributed by atoms with E-state index in [1.165, 1.54) is 18.2 Å². The minimum atomic E-state index is -0.524. The number of rotatable bonds is 3. The van der Waals surface area contributed by atoms with Crippen molar-refractivity contribution in [1.29, 1.82) is 0 Å². The molecule has 1 atom stereocenters. The number of methoxy groups -OCH3 is 1. The average Bonchev–Trinajstić information content (AvgIpc) is 2.54. The molecule has 2 aliphatic rings. The van der Waals surface area contributed by atoms with Gasteiger partial charge in [0, 0.05) is 19.8 Å². The fourth-order valence-electron chi connectivity index (χ4n) is 3.16.